The summed E-state index contributed by atoms with van der Waals surface area (Å²) < 4.78 is 7.68. The van der Waals surface area contributed by atoms with E-state index in [4.69, 9.17) is 4.74 Å². The van der Waals surface area contributed by atoms with Gasteiger partial charge >= 0.3 is 0 Å². The average Bonchev–Trinajstić information content (AvgIpc) is 3.22. The van der Waals surface area contributed by atoms with Crippen molar-refractivity contribution in [1.29, 1.82) is 0 Å². The van der Waals surface area contributed by atoms with Gasteiger partial charge in [0.15, 0.2) is 0 Å². The van der Waals surface area contributed by atoms with Crippen LogP contribution >= 0.6 is 0 Å². The van der Waals surface area contributed by atoms with Gasteiger partial charge in [-0.3, -0.25) is 9.48 Å². The number of hydrogen-bond acceptors (Lipinski definition) is 4. The summed E-state index contributed by atoms with van der Waals surface area (Å²) in [5, 5.41) is 7.98. The molecule has 1 fully saturated rings. The van der Waals surface area contributed by atoms with Crippen LogP contribution in [-0.4, -0.2) is 46.8 Å². The lowest BCUT2D eigenvalue weighted by atomic mass is 9.99. The molecule has 27 heavy (non-hydrogen) atoms. The zero-order chi connectivity index (χ0) is 18.6. The summed E-state index contributed by atoms with van der Waals surface area (Å²) in [6.45, 7) is 6.20. The molecule has 0 spiro atoms. The topological polar surface area (TPSA) is 59.4 Å². The molecule has 4 rings (SSSR count). The summed E-state index contributed by atoms with van der Waals surface area (Å²) in [5.41, 5.74) is 3.03. The van der Waals surface area contributed by atoms with Crippen LogP contribution in [0.4, 0.5) is 0 Å². The summed E-state index contributed by atoms with van der Waals surface area (Å²) in [6.07, 6.45) is 6.07. The van der Waals surface area contributed by atoms with Crippen LogP contribution in [0.2, 0.25) is 0 Å². The molecule has 1 aromatic heterocycles. The van der Waals surface area contributed by atoms with Gasteiger partial charge in [-0.1, -0.05) is 13.0 Å². The number of carbonyl (C=O) groups is 1. The van der Waals surface area contributed by atoms with E-state index in [1.807, 2.05) is 27.9 Å². The van der Waals surface area contributed by atoms with E-state index in [-0.39, 0.29) is 5.91 Å². The standard InChI is InChI=1S/C21H28N4O2/c1-2-12-27-19-6-5-17-15-24(10-7-16(17)13-19)21(26)20-8-11-25(23-20)18-4-3-9-22-14-18/h5-6,8,11,13,18,22H,2-4,7,9-10,12,14-15H2,1H3. The number of nitrogens with one attached hydrogen (secondary N) is 1. The lowest BCUT2D eigenvalue weighted by Crippen LogP contribution is -2.36. The van der Waals surface area contributed by atoms with Crippen molar-refractivity contribution in [2.75, 3.05) is 26.2 Å². The van der Waals surface area contributed by atoms with E-state index in [1.165, 1.54) is 11.1 Å². The van der Waals surface area contributed by atoms with E-state index in [9.17, 15) is 4.79 Å². The number of fused-ring (bicyclic) bond motifs is 1. The SMILES string of the molecule is CCCOc1ccc2c(c1)CCN(C(=O)c1ccn(C3CCCNC3)n1)C2. The molecule has 1 aromatic carbocycles. The first-order valence-corrected chi connectivity index (χ1v) is 10.0. The van der Waals surface area contributed by atoms with Crippen LogP contribution in [0.5, 0.6) is 5.75 Å². The summed E-state index contributed by atoms with van der Waals surface area (Å²) >= 11 is 0. The Morgan fingerprint density at radius 2 is 2.26 bits per heavy atom. The minimum atomic E-state index is 0.0227. The molecular formula is C21H28N4O2. The van der Waals surface area contributed by atoms with E-state index in [0.717, 1.165) is 57.7 Å². The number of nitrogens with zero attached hydrogens (tertiary/aromatic N) is 3. The third kappa shape index (κ3) is 4.00. The molecule has 1 N–H and O–H groups in total. The summed E-state index contributed by atoms with van der Waals surface area (Å²) in [4.78, 5) is 14.8. The van der Waals surface area contributed by atoms with Gasteiger partial charge in [0.25, 0.3) is 5.91 Å². The van der Waals surface area contributed by atoms with E-state index >= 15 is 0 Å². The first kappa shape index (κ1) is 18.0. The van der Waals surface area contributed by atoms with Gasteiger partial charge in [0, 0.05) is 25.8 Å². The van der Waals surface area contributed by atoms with E-state index in [2.05, 4.69) is 29.5 Å². The Hall–Kier alpha value is -2.34. The number of aromatic nitrogens is 2. The third-order valence-electron chi connectivity index (χ3n) is 5.42. The fraction of sp³-hybridized carbons (Fsp3) is 0.524. The van der Waals surface area contributed by atoms with Crippen LogP contribution in [0.1, 0.15) is 53.8 Å². The first-order valence-electron chi connectivity index (χ1n) is 10.0. The molecule has 2 aromatic rings. The maximum atomic E-state index is 12.9. The maximum absolute atomic E-state index is 12.9. The second-order valence-electron chi connectivity index (χ2n) is 7.44. The zero-order valence-electron chi connectivity index (χ0n) is 16.0. The molecule has 0 aliphatic carbocycles. The molecule has 6 heteroatoms. The molecule has 0 saturated carbocycles. The van der Waals surface area contributed by atoms with E-state index in [1.54, 1.807) is 0 Å². The van der Waals surface area contributed by atoms with Crippen molar-refractivity contribution >= 4 is 5.91 Å². The van der Waals surface area contributed by atoms with Crippen LogP contribution < -0.4 is 10.1 Å². The highest BCUT2D eigenvalue weighted by Gasteiger charge is 2.25. The third-order valence-corrected chi connectivity index (χ3v) is 5.42. The number of carbonyl (C=O) groups excluding carboxylic acids is 1. The quantitative estimate of drug-likeness (QED) is 0.882. The second kappa shape index (κ2) is 8.13. The molecule has 1 saturated heterocycles. The Morgan fingerprint density at radius 3 is 3.07 bits per heavy atom. The number of piperidine rings is 1. The Bertz CT molecular complexity index is 795. The van der Waals surface area contributed by atoms with Crippen molar-refractivity contribution in [2.45, 2.75) is 45.2 Å². The molecule has 1 amide bonds. The van der Waals surface area contributed by atoms with Crippen molar-refractivity contribution in [2.24, 2.45) is 0 Å². The highest BCUT2D eigenvalue weighted by atomic mass is 16.5. The predicted molar refractivity (Wildman–Crippen MR) is 104 cm³/mol. The molecule has 144 valence electrons. The van der Waals surface area contributed by atoms with E-state index < -0.39 is 0 Å². The Labute approximate surface area is 160 Å². The van der Waals surface area contributed by atoms with Crippen molar-refractivity contribution in [3.8, 4) is 5.75 Å². The number of amides is 1. The second-order valence-corrected chi connectivity index (χ2v) is 7.44. The van der Waals surface area contributed by atoms with Gasteiger partial charge in [0.2, 0.25) is 0 Å². The first-order chi connectivity index (χ1) is 13.2. The Balaban J connectivity index is 1.42. The average molecular weight is 368 g/mol. The monoisotopic (exact) mass is 368 g/mol. The molecule has 0 bridgehead atoms. The van der Waals surface area contributed by atoms with Crippen LogP contribution in [0.25, 0.3) is 0 Å². The highest BCUT2D eigenvalue weighted by molar-refractivity contribution is 5.92. The molecule has 3 heterocycles. The van der Waals surface area contributed by atoms with Crippen molar-refractivity contribution in [3.63, 3.8) is 0 Å². The number of ether oxygens (including phenoxy) is 1. The fourth-order valence-corrected chi connectivity index (χ4v) is 3.89. The van der Waals surface area contributed by atoms with E-state index in [0.29, 0.717) is 18.3 Å². The summed E-state index contributed by atoms with van der Waals surface area (Å²) in [6, 6.07) is 8.43. The largest absolute Gasteiger partial charge is 0.494 e. The lowest BCUT2D eigenvalue weighted by Gasteiger charge is -2.28. The van der Waals surface area contributed by atoms with Gasteiger partial charge in [-0.05, 0) is 61.6 Å². The molecular weight excluding hydrogens is 340 g/mol. The maximum Gasteiger partial charge on any atom is 0.274 e. The van der Waals surface area contributed by atoms with Crippen LogP contribution in [-0.2, 0) is 13.0 Å². The summed E-state index contributed by atoms with van der Waals surface area (Å²) in [7, 11) is 0. The smallest absolute Gasteiger partial charge is 0.274 e. The normalized spacial score (nSPS) is 19.6. The number of hydrogen-bond donors (Lipinski definition) is 1. The molecule has 0 radical (unpaired) electrons. The highest BCUT2D eigenvalue weighted by Crippen LogP contribution is 2.25. The Kier molecular flexibility index (Phi) is 5.43. The van der Waals surface area contributed by atoms with Crippen LogP contribution in [0, 0.1) is 0 Å². The van der Waals surface area contributed by atoms with Gasteiger partial charge in [-0.15, -0.1) is 0 Å². The van der Waals surface area contributed by atoms with Gasteiger partial charge < -0.3 is 15.0 Å². The van der Waals surface area contributed by atoms with Crippen LogP contribution in [0.15, 0.2) is 30.5 Å². The molecule has 1 atom stereocenters. The van der Waals surface area contributed by atoms with Crippen molar-refractivity contribution in [1.82, 2.24) is 20.0 Å². The predicted octanol–water partition coefficient (Wildman–Crippen LogP) is 2.79. The number of benzene rings is 1. The Morgan fingerprint density at radius 1 is 1.33 bits per heavy atom. The molecule has 2 aliphatic heterocycles. The molecule has 6 nitrogen and oxygen atoms in total. The van der Waals surface area contributed by atoms with Gasteiger partial charge in [-0.25, -0.2) is 0 Å². The summed E-state index contributed by atoms with van der Waals surface area (Å²) in [5.74, 6) is 0.949. The molecule has 2 aliphatic rings. The fourth-order valence-electron chi connectivity index (χ4n) is 3.89. The van der Waals surface area contributed by atoms with Crippen LogP contribution in [0.3, 0.4) is 0 Å². The molecule has 1 unspecified atom stereocenters. The van der Waals surface area contributed by atoms with Crippen molar-refractivity contribution < 1.29 is 9.53 Å². The van der Waals surface area contributed by atoms with Gasteiger partial charge in [-0.2, -0.15) is 5.10 Å². The zero-order valence-corrected chi connectivity index (χ0v) is 16.0. The number of rotatable bonds is 5. The van der Waals surface area contributed by atoms with Gasteiger partial charge in [0.1, 0.15) is 11.4 Å². The van der Waals surface area contributed by atoms with Crippen molar-refractivity contribution in [3.05, 3.63) is 47.3 Å². The van der Waals surface area contributed by atoms with Gasteiger partial charge in [0.05, 0.1) is 12.6 Å². The lowest BCUT2D eigenvalue weighted by molar-refractivity contribution is 0.0727. The minimum absolute atomic E-state index is 0.0227. The minimum Gasteiger partial charge on any atom is -0.494 e.